The molecule has 0 unspecified atom stereocenters. The number of amides is 1. The second-order valence-electron chi connectivity index (χ2n) is 6.07. The zero-order valence-electron chi connectivity index (χ0n) is 13.2. The van der Waals surface area contributed by atoms with Crippen LogP contribution in [0.25, 0.3) is 0 Å². The van der Waals surface area contributed by atoms with E-state index in [-0.39, 0.29) is 17.2 Å². The van der Waals surface area contributed by atoms with Crippen LogP contribution in [0.2, 0.25) is 0 Å². The summed E-state index contributed by atoms with van der Waals surface area (Å²) in [6, 6.07) is 8.06. The number of aromatic amines is 1. The summed E-state index contributed by atoms with van der Waals surface area (Å²) in [5.74, 6) is 0.594. The predicted octanol–water partition coefficient (Wildman–Crippen LogP) is 1.90. The van der Waals surface area contributed by atoms with Gasteiger partial charge in [0, 0.05) is 17.7 Å². The number of sulfonamides is 1. The van der Waals surface area contributed by atoms with Crippen LogP contribution in [0, 0.1) is 0 Å². The highest BCUT2D eigenvalue weighted by Crippen LogP contribution is 2.33. The number of H-pyrrole nitrogens is 1. The predicted molar refractivity (Wildman–Crippen MR) is 89.9 cm³/mol. The Hall–Kier alpha value is -2.19. The van der Waals surface area contributed by atoms with Crippen LogP contribution in [0.5, 0.6) is 0 Å². The second kappa shape index (κ2) is 6.74. The molecule has 1 aliphatic carbocycles. The Labute approximate surface area is 140 Å². The molecule has 128 valence electrons. The lowest BCUT2D eigenvalue weighted by atomic mass is 10.0. The van der Waals surface area contributed by atoms with Crippen molar-refractivity contribution in [2.45, 2.75) is 42.9 Å². The minimum absolute atomic E-state index is 0.0335. The van der Waals surface area contributed by atoms with E-state index in [1.165, 1.54) is 18.9 Å². The summed E-state index contributed by atoms with van der Waals surface area (Å²) in [4.78, 5) is 12.2. The third kappa shape index (κ3) is 3.82. The molecule has 0 atom stereocenters. The van der Waals surface area contributed by atoms with Crippen molar-refractivity contribution < 1.29 is 13.2 Å². The van der Waals surface area contributed by atoms with Gasteiger partial charge in [-0.05, 0) is 24.5 Å². The Kier molecular flexibility index (Phi) is 4.68. The molecule has 0 bridgehead atoms. The first-order valence-electron chi connectivity index (χ1n) is 7.89. The van der Waals surface area contributed by atoms with E-state index < -0.39 is 10.0 Å². The number of primary sulfonamides is 1. The lowest BCUT2D eigenvalue weighted by molar-refractivity contribution is -0.115. The van der Waals surface area contributed by atoms with E-state index in [4.69, 9.17) is 5.14 Å². The van der Waals surface area contributed by atoms with Crippen molar-refractivity contribution in [3.05, 3.63) is 41.6 Å². The summed E-state index contributed by atoms with van der Waals surface area (Å²) >= 11 is 0. The van der Waals surface area contributed by atoms with Gasteiger partial charge in [0.15, 0.2) is 5.82 Å². The summed E-state index contributed by atoms with van der Waals surface area (Å²) in [5.41, 5.74) is 1.40. The van der Waals surface area contributed by atoms with Crippen LogP contribution in [0.1, 0.15) is 42.9 Å². The zero-order valence-corrected chi connectivity index (χ0v) is 14.0. The van der Waals surface area contributed by atoms with Gasteiger partial charge in [-0.3, -0.25) is 9.89 Å². The number of carbonyl (C=O) groups is 1. The normalized spacial score (nSPS) is 15.5. The van der Waals surface area contributed by atoms with Crippen molar-refractivity contribution in [1.29, 1.82) is 0 Å². The van der Waals surface area contributed by atoms with E-state index >= 15 is 0 Å². The van der Waals surface area contributed by atoms with E-state index in [0.29, 0.717) is 17.3 Å². The Balaban J connectivity index is 1.68. The highest BCUT2D eigenvalue weighted by atomic mass is 32.2. The maximum absolute atomic E-state index is 12.2. The Morgan fingerprint density at radius 2 is 2.00 bits per heavy atom. The molecular formula is C16H20N4O3S. The van der Waals surface area contributed by atoms with Crippen LogP contribution in [0.3, 0.4) is 0 Å². The third-order valence-electron chi connectivity index (χ3n) is 4.29. The number of benzene rings is 1. The molecule has 0 radical (unpaired) electrons. The maximum Gasteiger partial charge on any atom is 0.238 e. The maximum atomic E-state index is 12.2. The Bertz CT molecular complexity index is 839. The zero-order chi connectivity index (χ0) is 17.2. The Morgan fingerprint density at radius 3 is 2.71 bits per heavy atom. The van der Waals surface area contributed by atoms with Gasteiger partial charge in [0.1, 0.15) is 0 Å². The number of hydrogen-bond donors (Lipinski definition) is 3. The summed E-state index contributed by atoms with van der Waals surface area (Å²) in [5, 5.41) is 15.0. The second-order valence-corrected chi connectivity index (χ2v) is 7.60. The van der Waals surface area contributed by atoms with Gasteiger partial charge in [0.2, 0.25) is 15.9 Å². The van der Waals surface area contributed by atoms with Gasteiger partial charge in [-0.2, -0.15) is 5.10 Å². The number of hydrogen-bond acceptors (Lipinski definition) is 4. The quantitative estimate of drug-likeness (QED) is 0.764. The van der Waals surface area contributed by atoms with E-state index in [1.807, 2.05) is 6.07 Å². The number of nitrogens with zero attached hydrogens (tertiary/aromatic N) is 1. The van der Waals surface area contributed by atoms with Gasteiger partial charge in [0.05, 0.1) is 11.3 Å². The summed E-state index contributed by atoms with van der Waals surface area (Å²) in [7, 11) is -3.86. The fraction of sp³-hybridized carbons (Fsp3) is 0.375. The van der Waals surface area contributed by atoms with Gasteiger partial charge in [-0.1, -0.05) is 31.0 Å². The van der Waals surface area contributed by atoms with E-state index in [1.54, 1.807) is 18.2 Å². The minimum Gasteiger partial charge on any atom is -0.309 e. The molecule has 2 aromatic rings. The fourth-order valence-electron chi connectivity index (χ4n) is 3.13. The topological polar surface area (TPSA) is 118 Å². The van der Waals surface area contributed by atoms with Crippen molar-refractivity contribution in [2.24, 2.45) is 5.14 Å². The third-order valence-corrected chi connectivity index (χ3v) is 5.30. The van der Waals surface area contributed by atoms with Crippen LogP contribution in [0.15, 0.2) is 35.2 Å². The first-order valence-corrected chi connectivity index (χ1v) is 9.44. The first-order chi connectivity index (χ1) is 11.4. The number of rotatable bonds is 5. The van der Waals surface area contributed by atoms with Crippen LogP contribution < -0.4 is 10.5 Å². The molecule has 7 nitrogen and oxygen atoms in total. The van der Waals surface area contributed by atoms with Gasteiger partial charge >= 0.3 is 0 Å². The molecule has 8 heteroatoms. The van der Waals surface area contributed by atoms with Crippen molar-refractivity contribution in [2.75, 3.05) is 5.32 Å². The largest absolute Gasteiger partial charge is 0.309 e. The van der Waals surface area contributed by atoms with Gasteiger partial charge in [-0.15, -0.1) is 0 Å². The van der Waals surface area contributed by atoms with Crippen LogP contribution in [0.4, 0.5) is 5.82 Å². The van der Waals surface area contributed by atoms with Crippen LogP contribution in [-0.4, -0.2) is 24.5 Å². The summed E-state index contributed by atoms with van der Waals surface area (Å²) in [6.45, 7) is 0. The number of nitrogens with two attached hydrogens (primary N) is 1. The van der Waals surface area contributed by atoms with Crippen molar-refractivity contribution in [3.63, 3.8) is 0 Å². The Morgan fingerprint density at radius 1 is 1.29 bits per heavy atom. The molecule has 3 rings (SSSR count). The number of nitrogens with one attached hydrogen (secondary N) is 2. The molecule has 4 N–H and O–H groups in total. The molecule has 1 aliphatic rings. The van der Waals surface area contributed by atoms with Crippen LogP contribution in [-0.2, 0) is 21.2 Å². The lowest BCUT2D eigenvalue weighted by Gasteiger charge is -2.07. The molecule has 1 heterocycles. The monoisotopic (exact) mass is 348 g/mol. The van der Waals surface area contributed by atoms with Gasteiger partial charge in [0.25, 0.3) is 0 Å². The fourth-order valence-corrected chi connectivity index (χ4v) is 3.91. The molecule has 1 aromatic heterocycles. The standard InChI is InChI=1S/C16H20N4O3S/c17-24(22,23)14-8-4-3-7-12(14)9-16(21)18-15-10-13(19-20-15)11-5-1-2-6-11/h3-4,7-8,10-11H,1-2,5-6,9H2,(H2,17,22,23)(H2,18,19,20,21). The molecule has 0 saturated heterocycles. The molecular weight excluding hydrogens is 328 g/mol. The smallest absolute Gasteiger partial charge is 0.238 e. The SMILES string of the molecule is NS(=O)(=O)c1ccccc1CC(=O)Nc1cc(C2CCCC2)[nH]n1. The summed E-state index contributed by atoms with van der Waals surface area (Å²) in [6.07, 6.45) is 4.62. The minimum atomic E-state index is -3.86. The highest BCUT2D eigenvalue weighted by Gasteiger charge is 2.20. The summed E-state index contributed by atoms with van der Waals surface area (Å²) < 4.78 is 23.1. The van der Waals surface area contributed by atoms with E-state index in [9.17, 15) is 13.2 Å². The van der Waals surface area contributed by atoms with Crippen molar-refractivity contribution in [3.8, 4) is 0 Å². The number of anilines is 1. The first kappa shape index (κ1) is 16.7. The highest BCUT2D eigenvalue weighted by molar-refractivity contribution is 7.89. The van der Waals surface area contributed by atoms with Crippen molar-refractivity contribution in [1.82, 2.24) is 10.2 Å². The molecule has 1 aromatic carbocycles. The average molecular weight is 348 g/mol. The average Bonchev–Trinajstić information content (AvgIpc) is 3.17. The van der Waals surface area contributed by atoms with Crippen molar-refractivity contribution >= 4 is 21.7 Å². The molecule has 0 aliphatic heterocycles. The van der Waals surface area contributed by atoms with Gasteiger partial charge in [-0.25, -0.2) is 13.6 Å². The van der Waals surface area contributed by atoms with Crippen LogP contribution >= 0.6 is 0 Å². The van der Waals surface area contributed by atoms with Gasteiger partial charge < -0.3 is 5.32 Å². The van der Waals surface area contributed by atoms with E-state index in [0.717, 1.165) is 18.5 Å². The number of carbonyl (C=O) groups excluding carboxylic acids is 1. The molecule has 1 amide bonds. The molecule has 1 fully saturated rings. The van der Waals surface area contributed by atoms with E-state index in [2.05, 4.69) is 15.5 Å². The molecule has 0 spiro atoms. The number of aromatic nitrogens is 2. The molecule has 24 heavy (non-hydrogen) atoms. The lowest BCUT2D eigenvalue weighted by Crippen LogP contribution is -2.19. The molecule has 1 saturated carbocycles.